The van der Waals surface area contributed by atoms with Gasteiger partial charge >= 0.3 is 0 Å². The van der Waals surface area contributed by atoms with Crippen molar-refractivity contribution >= 4 is 27.0 Å². The van der Waals surface area contributed by atoms with Crippen LogP contribution in [0.1, 0.15) is 5.69 Å². The summed E-state index contributed by atoms with van der Waals surface area (Å²) in [5.74, 6) is 0.381. The first-order valence-electron chi connectivity index (χ1n) is 6.35. The molecule has 2 atom stereocenters. The SMILES string of the molecule is BC(B)(O)C(OC)[C@@H](O)Cc1ccc2c(N)ncnn12. The fourth-order valence-corrected chi connectivity index (χ4v) is 2.40. The van der Waals surface area contributed by atoms with Gasteiger partial charge in [-0.3, -0.25) is 0 Å². The van der Waals surface area contributed by atoms with Gasteiger partial charge in [-0.15, -0.1) is 0 Å². The number of hydrogen-bond donors (Lipinski definition) is 3. The molecule has 0 saturated carbocycles. The van der Waals surface area contributed by atoms with Crippen LogP contribution in [0.15, 0.2) is 18.5 Å². The molecule has 0 aromatic carbocycles. The summed E-state index contributed by atoms with van der Waals surface area (Å²) in [7, 11) is 4.66. The summed E-state index contributed by atoms with van der Waals surface area (Å²) in [6.07, 6.45) is 0.0799. The Balaban J connectivity index is 2.26. The van der Waals surface area contributed by atoms with Crippen molar-refractivity contribution in [3.8, 4) is 0 Å². The first-order valence-corrected chi connectivity index (χ1v) is 6.35. The Morgan fingerprint density at radius 2 is 2.20 bits per heavy atom. The predicted molar refractivity (Wildman–Crippen MR) is 79.9 cm³/mol. The first kappa shape index (κ1) is 14.8. The van der Waals surface area contributed by atoms with Crippen molar-refractivity contribution in [3.63, 3.8) is 0 Å². The zero-order valence-corrected chi connectivity index (χ0v) is 11.8. The highest BCUT2D eigenvalue weighted by Crippen LogP contribution is 2.18. The van der Waals surface area contributed by atoms with Crippen LogP contribution >= 0.6 is 0 Å². The van der Waals surface area contributed by atoms with E-state index in [1.807, 2.05) is 6.07 Å². The Morgan fingerprint density at radius 1 is 1.50 bits per heavy atom. The summed E-state index contributed by atoms with van der Waals surface area (Å²) in [5.41, 5.74) is 7.21. The van der Waals surface area contributed by atoms with Crippen molar-refractivity contribution in [2.45, 2.75) is 24.0 Å². The fraction of sp³-hybridized carbons (Fsp3) is 0.455. The van der Waals surface area contributed by atoms with E-state index >= 15 is 0 Å². The van der Waals surface area contributed by atoms with E-state index in [4.69, 9.17) is 10.5 Å². The average molecular weight is 276 g/mol. The summed E-state index contributed by atoms with van der Waals surface area (Å²) >= 11 is 0. The number of aliphatic hydroxyl groups is 2. The van der Waals surface area contributed by atoms with Crippen molar-refractivity contribution in [3.05, 3.63) is 24.2 Å². The van der Waals surface area contributed by atoms with Crippen LogP contribution < -0.4 is 5.73 Å². The zero-order chi connectivity index (χ0) is 14.9. The molecule has 2 rings (SSSR count). The number of ether oxygens (including phenoxy) is 1. The van der Waals surface area contributed by atoms with Crippen LogP contribution in [0.3, 0.4) is 0 Å². The van der Waals surface area contributed by atoms with Gasteiger partial charge in [0.1, 0.15) is 27.5 Å². The molecule has 0 aliphatic rings. The van der Waals surface area contributed by atoms with Gasteiger partial charge in [-0.05, 0) is 12.1 Å². The highest BCUT2D eigenvalue weighted by Gasteiger charge is 2.33. The summed E-state index contributed by atoms with van der Waals surface area (Å²) in [5, 5.41) is 23.2. The lowest BCUT2D eigenvalue weighted by atomic mass is 9.60. The monoisotopic (exact) mass is 276 g/mol. The molecule has 4 N–H and O–H groups in total. The predicted octanol–water partition coefficient (Wildman–Crippen LogP) is -2.86. The number of aromatic nitrogens is 3. The maximum absolute atomic E-state index is 10.3. The molecule has 106 valence electrons. The molecule has 20 heavy (non-hydrogen) atoms. The lowest BCUT2D eigenvalue weighted by molar-refractivity contribution is -0.0700. The molecular formula is C11H18B2N4O3. The minimum absolute atomic E-state index is 0.285. The number of methoxy groups -OCH3 is 1. The summed E-state index contributed by atoms with van der Waals surface area (Å²) in [4.78, 5) is 3.91. The lowest BCUT2D eigenvalue weighted by Crippen LogP contribution is -2.52. The maximum Gasteiger partial charge on any atom is 0.151 e. The van der Waals surface area contributed by atoms with Gasteiger partial charge in [0.25, 0.3) is 0 Å². The van der Waals surface area contributed by atoms with Crippen molar-refractivity contribution in [2.24, 2.45) is 0 Å². The Morgan fingerprint density at radius 3 is 2.80 bits per heavy atom. The number of fused-ring (bicyclic) bond motifs is 1. The molecule has 9 heteroatoms. The molecule has 2 heterocycles. The maximum atomic E-state index is 10.3. The Hall–Kier alpha value is -1.57. The van der Waals surface area contributed by atoms with Crippen LogP contribution in [0.25, 0.3) is 5.52 Å². The summed E-state index contributed by atoms with van der Waals surface area (Å²) < 4.78 is 6.82. The molecule has 2 aromatic rings. The summed E-state index contributed by atoms with van der Waals surface area (Å²) in [6, 6.07) is 3.62. The van der Waals surface area contributed by atoms with Crippen LogP contribution in [0.4, 0.5) is 5.82 Å². The van der Waals surface area contributed by atoms with Crippen molar-refractivity contribution in [1.29, 1.82) is 0 Å². The highest BCUT2D eigenvalue weighted by atomic mass is 16.5. The molecule has 7 nitrogen and oxygen atoms in total. The minimum Gasteiger partial charge on any atom is -0.405 e. The van der Waals surface area contributed by atoms with E-state index in [0.717, 1.165) is 5.69 Å². The Kier molecular flexibility index (Phi) is 4.03. The van der Waals surface area contributed by atoms with Gasteiger partial charge in [0.2, 0.25) is 0 Å². The smallest absolute Gasteiger partial charge is 0.151 e. The zero-order valence-electron chi connectivity index (χ0n) is 11.8. The van der Waals surface area contributed by atoms with Gasteiger partial charge in [0.05, 0.1) is 12.2 Å². The molecule has 0 amide bonds. The van der Waals surface area contributed by atoms with Gasteiger partial charge in [0, 0.05) is 24.6 Å². The number of nitrogens with two attached hydrogens (primary N) is 1. The van der Waals surface area contributed by atoms with Crippen LogP contribution in [-0.4, -0.2) is 65.2 Å². The third kappa shape index (κ3) is 2.79. The lowest BCUT2D eigenvalue weighted by Gasteiger charge is -2.32. The van der Waals surface area contributed by atoms with Crippen molar-refractivity contribution in [1.82, 2.24) is 14.6 Å². The van der Waals surface area contributed by atoms with Crippen molar-refractivity contribution in [2.75, 3.05) is 12.8 Å². The van der Waals surface area contributed by atoms with Crippen LogP contribution in [0.2, 0.25) is 0 Å². The normalized spacial score (nSPS) is 15.3. The van der Waals surface area contributed by atoms with Crippen LogP contribution in [-0.2, 0) is 11.2 Å². The third-order valence-corrected chi connectivity index (χ3v) is 3.28. The van der Waals surface area contributed by atoms with Crippen LogP contribution in [0.5, 0.6) is 0 Å². The molecule has 2 aromatic heterocycles. The van der Waals surface area contributed by atoms with Gasteiger partial charge < -0.3 is 20.7 Å². The molecule has 0 aliphatic heterocycles. The van der Waals surface area contributed by atoms with Gasteiger partial charge in [-0.1, -0.05) is 0 Å². The second-order valence-electron chi connectivity index (χ2n) is 5.35. The van der Waals surface area contributed by atoms with E-state index in [1.54, 1.807) is 26.3 Å². The molecule has 0 saturated heterocycles. The number of nitrogen functional groups attached to an aromatic ring is 1. The third-order valence-electron chi connectivity index (χ3n) is 3.28. The van der Waals surface area contributed by atoms with E-state index in [1.165, 1.54) is 13.4 Å². The van der Waals surface area contributed by atoms with E-state index in [0.29, 0.717) is 11.3 Å². The number of nitrogens with zero attached hydrogens (tertiary/aromatic N) is 3. The molecule has 0 aliphatic carbocycles. The highest BCUT2D eigenvalue weighted by molar-refractivity contribution is 6.39. The van der Waals surface area contributed by atoms with Crippen LogP contribution in [0, 0.1) is 0 Å². The molecular weight excluding hydrogens is 258 g/mol. The quantitative estimate of drug-likeness (QED) is 0.507. The van der Waals surface area contributed by atoms with Gasteiger partial charge in [-0.2, -0.15) is 5.10 Å². The molecule has 0 fully saturated rings. The number of anilines is 1. The molecule has 0 spiro atoms. The van der Waals surface area contributed by atoms with Crippen molar-refractivity contribution < 1.29 is 14.9 Å². The Labute approximate surface area is 118 Å². The Bertz CT molecular complexity index is 599. The van der Waals surface area contributed by atoms with E-state index in [9.17, 15) is 10.2 Å². The fourth-order valence-electron chi connectivity index (χ4n) is 2.40. The van der Waals surface area contributed by atoms with Gasteiger partial charge in [0.15, 0.2) is 5.82 Å². The molecule has 0 bridgehead atoms. The van der Waals surface area contributed by atoms with E-state index in [2.05, 4.69) is 10.1 Å². The second kappa shape index (κ2) is 5.43. The minimum atomic E-state index is -1.14. The number of aliphatic hydroxyl groups excluding tert-OH is 1. The topological polar surface area (TPSA) is 106 Å². The second-order valence-corrected chi connectivity index (χ2v) is 5.35. The first-order chi connectivity index (χ1) is 9.34. The van der Waals surface area contributed by atoms with Gasteiger partial charge in [-0.25, -0.2) is 9.50 Å². The molecule has 1 unspecified atom stereocenters. The standard InChI is InChI=1S/C11H18B2N4O3/c1-20-9(11(12,13)19)8(18)4-6-2-3-7-10(14)15-5-16-17(6)7/h2-3,5,8-9,18-19H,4,12-13H2,1H3,(H2,14,15,16)/t8-,9?/m0/s1. The summed E-state index contributed by atoms with van der Waals surface area (Å²) in [6.45, 7) is 0. The largest absolute Gasteiger partial charge is 0.405 e. The number of hydrogen-bond acceptors (Lipinski definition) is 6. The molecule has 0 radical (unpaired) electrons. The van der Waals surface area contributed by atoms with E-state index in [-0.39, 0.29) is 6.42 Å². The van der Waals surface area contributed by atoms with E-state index < -0.39 is 17.6 Å². The average Bonchev–Trinajstić information content (AvgIpc) is 2.73. The number of rotatable bonds is 5.